The highest BCUT2D eigenvalue weighted by molar-refractivity contribution is 7.15. The zero-order valence-corrected chi connectivity index (χ0v) is 11.0. The minimum atomic E-state index is -0.454. The second-order valence-electron chi connectivity index (χ2n) is 4.39. The molecule has 16 heavy (non-hydrogen) atoms. The fraction of sp³-hybridized carbons (Fsp3) is 0.636. The summed E-state index contributed by atoms with van der Waals surface area (Å²) in [4.78, 5) is 17.1. The van der Waals surface area contributed by atoms with Gasteiger partial charge in [-0.25, -0.2) is 4.98 Å². The number of amides is 1. The van der Waals surface area contributed by atoms with Crippen LogP contribution in [0.5, 0.6) is 0 Å². The van der Waals surface area contributed by atoms with Crippen LogP contribution in [0.1, 0.15) is 30.8 Å². The molecule has 1 amide bonds. The Hall–Kier alpha value is -0.940. The Morgan fingerprint density at radius 1 is 1.50 bits per heavy atom. The van der Waals surface area contributed by atoms with Gasteiger partial charge in [0.1, 0.15) is 0 Å². The van der Waals surface area contributed by atoms with Gasteiger partial charge in [0.2, 0.25) is 5.91 Å². The fourth-order valence-corrected chi connectivity index (χ4v) is 2.16. The van der Waals surface area contributed by atoms with E-state index in [0.29, 0.717) is 17.5 Å². The van der Waals surface area contributed by atoms with Gasteiger partial charge in [0.15, 0.2) is 5.13 Å². The summed E-state index contributed by atoms with van der Waals surface area (Å²) in [6.07, 6.45) is 0.690. The van der Waals surface area contributed by atoms with Crippen LogP contribution in [0, 0.1) is 19.8 Å². The molecule has 0 fully saturated rings. The van der Waals surface area contributed by atoms with Crippen LogP contribution < -0.4 is 11.1 Å². The number of anilines is 1. The van der Waals surface area contributed by atoms with Gasteiger partial charge in [-0.2, -0.15) is 0 Å². The topological polar surface area (TPSA) is 68.0 Å². The Balaban J connectivity index is 2.57. The highest BCUT2D eigenvalue weighted by Gasteiger charge is 2.16. The van der Waals surface area contributed by atoms with E-state index in [4.69, 9.17) is 5.73 Å². The average Bonchev–Trinajstić information content (AvgIpc) is 2.44. The van der Waals surface area contributed by atoms with Crippen molar-refractivity contribution in [3.63, 3.8) is 0 Å². The summed E-state index contributed by atoms with van der Waals surface area (Å²) in [6, 6.07) is -0.454. The van der Waals surface area contributed by atoms with Crippen molar-refractivity contribution >= 4 is 22.4 Å². The lowest BCUT2D eigenvalue weighted by Crippen LogP contribution is -2.36. The lowest BCUT2D eigenvalue weighted by atomic mass is 10.0. The zero-order chi connectivity index (χ0) is 12.3. The number of carbonyl (C=O) groups is 1. The number of hydrogen-bond acceptors (Lipinski definition) is 4. The molecule has 0 aliphatic heterocycles. The number of carbonyl (C=O) groups excluding carboxylic acids is 1. The quantitative estimate of drug-likeness (QED) is 0.848. The number of aromatic nitrogens is 1. The van der Waals surface area contributed by atoms with Crippen molar-refractivity contribution in [1.82, 2.24) is 4.98 Å². The summed E-state index contributed by atoms with van der Waals surface area (Å²) in [7, 11) is 0. The van der Waals surface area contributed by atoms with E-state index in [9.17, 15) is 4.79 Å². The molecule has 1 atom stereocenters. The van der Waals surface area contributed by atoms with E-state index in [1.165, 1.54) is 11.3 Å². The molecule has 1 heterocycles. The second-order valence-corrected chi connectivity index (χ2v) is 5.59. The number of aryl methyl sites for hydroxylation is 2. The summed E-state index contributed by atoms with van der Waals surface area (Å²) < 4.78 is 0. The molecule has 0 aliphatic rings. The maximum absolute atomic E-state index is 11.7. The van der Waals surface area contributed by atoms with Crippen LogP contribution in [0.25, 0.3) is 0 Å². The average molecular weight is 241 g/mol. The van der Waals surface area contributed by atoms with Crippen molar-refractivity contribution in [1.29, 1.82) is 0 Å². The van der Waals surface area contributed by atoms with E-state index in [-0.39, 0.29) is 5.91 Å². The number of nitrogens with one attached hydrogen (secondary N) is 1. The Morgan fingerprint density at radius 2 is 2.12 bits per heavy atom. The minimum Gasteiger partial charge on any atom is -0.320 e. The molecule has 3 N–H and O–H groups in total. The van der Waals surface area contributed by atoms with Crippen LogP contribution in [0.4, 0.5) is 5.13 Å². The molecule has 1 aromatic rings. The van der Waals surface area contributed by atoms with Gasteiger partial charge in [-0.15, -0.1) is 11.3 Å². The molecule has 0 spiro atoms. The molecule has 90 valence electrons. The van der Waals surface area contributed by atoms with Crippen LogP contribution in [0.15, 0.2) is 0 Å². The van der Waals surface area contributed by atoms with E-state index < -0.39 is 6.04 Å². The summed E-state index contributed by atoms with van der Waals surface area (Å²) in [5.74, 6) is 0.267. The van der Waals surface area contributed by atoms with Crippen molar-refractivity contribution < 1.29 is 4.79 Å². The summed E-state index contributed by atoms with van der Waals surface area (Å²) >= 11 is 1.48. The van der Waals surface area contributed by atoms with Crippen molar-refractivity contribution in [2.75, 3.05) is 5.32 Å². The number of nitrogens with two attached hydrogens (primary N) is 1. The van der Waals surface area contributed by atoms with Crippen LogP contribution in [0.2, 0.25) is 0 Å². The highest BCUT2D eigenvalue weighted by atomic mass is 32.1. The molecular formula is C11H19N3OS. The monoisotopic (exact) mass is 241 g/mol. The Bertz CT molecular complexity index is 354. The molecule has 0 radical (unpaired) electrons. The van der Waals surface area contributed by atoms with E-state index in [0.717, 1.165) is 10.6 Å². The predicted molar refractivity (Wildman–Crippen MR) is 67.6 cm³/mol. The van der Waals surface area contributed by atoms with Gasteiger partial charge in [0.05, 0.1) is 11.7 Å². The maximum atomic E-state index is 11.7. The number of hydrogen-bond donors (Lipinski definition) is 2. The summed E-state index contributed by atoms with van der Waals surface area (Å²) in [5, 5.41) is 3.39. The van der Waals surface area contributed by atoms with Gasteiger partial charge in [0, 0.05) is 4.88 Å². The van der Waals surface area contributed by atoms with Gasteiger partial charge < -0.3 is 11.1 Å². The number of nitrogens with zero attached hydrogens (tertiary/aromatic N) is 1. The van der Waals surface area contributed by atoms with Crippen LogP contribution >= 0.6 is 11.3 Å². The van der Waals surface area contributed by atoms with Crippen LogP contribution in [0.3, 0.4) is 0 Å². The molecule has 0 aromatic carbocycles. The van der Waals surface area contributed by atoms with Crippen molar-refractivity contribution in [3.05, 3.63) is 10.6 Å². The third-order valence-corrected chi connectivity index (χ3v) is 3.31. The van der Waals surface area contributed by atoms with E-state index in [2.05, 4.69) is 10.3 Å². The standard InChI is InChI=1S/C11H19N3OS/c1-6(2)5-9(12)10(15)14-11-13-7(3)8(4)16-11/h6,9H,5,12H2,1-4H3,(H,13,14,15)/t9-/m0/s1. The van der Waals surface area contributed by atoms with Crippen LogP contribution in [-0.2, 0) is 4.79 Å². The smallest absolute Gasteiger partial charge is 0.243 e. The first kappa shape index (κ1) is 13.1. The maximum Gasteiger partial charge on any atom is 0.243 e. The Kier molecular flexibility index (Phi) is 4.44. The zero-order valence-electron chi connectivity index (χ0n) is 10.2. The summed E-state index contributed by atoms with van der Waals surface area (Å²) in [5.41, 5.74) is 6.73. The van der Waals surface area contributed by atoms with Crippen LogP contribution in [-0.4, -0.2) is 16.9 Å². The summed E-state index contributed by atoms with van der Waals surface area (Å²) in [6.45, 7) is 8.00. The molecule has 0 aliphatic carbocycles. The third kappa shape index (κ3) is 3.57. The number of rotatable bonds is 4. The lowest BCUT2D eigenvalue weighted by molar-refractivity contribution is -0.117. The molecule has 1 aromatic heterocycles. The number of thiazole rings is 1. The largest absolute Gasteiger partial charge is 0.320 e. The molecule has 5 heteroatoms. The molecule has 4 nitrogen and oxygen atoms in total. The van der Waals surface area contributed by atoms with Crippen molar-refractivity contribution in [2.24, 2.45) is 11.7 Å². The molecule has 0 saturated heterocycles. The first-order chi connectivity index (χ1) is 7.40. The van der Waals surface area contributed by atoms with Gasteiger partial charge in [-0.1, -0.05) is 13.8 Å². The third-order valence-electron chi connectivity index (χ3n) is 2.32. The molecular weight excluding hydrogens is 222 g/mol. The van der Waals surface area contributed by atoms with Gasteiger partial charge in [0.25, 0.3) is 0 Å². The lowest BCUT2D eigenvalue weighted by Gasteiger charge is -2.12. The fourth-order valence-electron chi connectivity index (χ4n) is 1.34. The molecule has 1 rings (SSSR count). The van der Waals surface area contributed by atoms with Crippen molar-refractivity contribution in [3.8, 4) is 0 Å². The van der Waals surface area contributed by atoms with E-state index in [1.807, 2.05) is 27.7 Å². The van der Waals surface area contributed by atoms with Gasteiger partial charge >= 0.3 is 0 Å². The highest BCUT2D eigenvalue weighted by Crippen LogP contribution is 2.21. The minimum absolute atomic E-state index is 0.151. The van der Waals surface area contributed by atoms with E-state index in [1.54, 1.807) is 0 Å². The Morgan fingerprint density at radius 3 is 2.56 bits per heavy atom. The second kappa shape index (κ2) is 5.41. The first-order valence-electron chi connectivity index (χ1n) is 5.40. The molecule has 0 saturated carbocycles. The first-order valence-corrected chi connectivity index (χ1v) is 6.22. The predicted octanol–water partition coefficient (Wildman–Crippen LogP) is 2.07. The van der Waals surface area contributed by atoms with Crippen molar-refractivity contribution in [2.45, 2.75) is 40.2 Å². The molecule has 0 bridgehead atoms. The SMILES string of the molecule is Cc1nc(NC(=O)[C@@H](N)CC(C)C)sc1C. The van der Waals surface area contributed by atoms with Gasteiger partial charge in [-0.05, 0) is 26.2 Å². The molecule has 0 unspecified atom stereocenters. The normalized spacial score (nSPS) is 12.9. The van der Waals surface area contributed by atoms with E-state index >= 15 is 0 Å². The Labute approximate surface area is 100 Å². The van der Waals surface area contributed by atoms with Gasteiger partial charge in [-0.3, -0.25) is 4.79 Å².